The lowest BCUT2D eigenvalue weighted by molar-refractivity contribution is 0.835. The normalized spacial score (nSPS) is 10.5. The molecule has 0 aliphatic rings. The van der Waals surface area contributed by atoms with Crippen molar-refractivity contribution >= 4 is 12.2 Å². The molecule has 1 aromatic carbocycles. The minimum absolute atomic E-state index is 0.712. The van der Waals surface area contributed by atoms with Crippen molar-refractivity contribution in [3.05, 3.63) is 57.6 Å². The van der Waals surface area contributed by atoms with Crippen LogP contribution in [0.25, 0.3) is 0 Å². The van der Waals surface area contributed by atoms with Gasteiger partial charge in [-0.2, -0.15) is 0 Å². The summed E-state index contributed by atoms with van der Waals surface area (Å²) in [6.07, 6.45) is 1.89. The summed E-state index contributed by atoms with van der Waals surface area (Å²) in [7, 11) is 0. The van der Waals surface area contributed by atoms with Crippen LogP contribution < -0.4 is 0 Å². The first-order chi connectivity index (χ1) is 8.16. The molecule has 1 aromatic heterocycles. The molecule has 2 rings (SSSR count). The van der Waals surface area contributed by atoms with Gasteiger partial charge in [-0.25, -0.2) is 4.98 Å². The molecule has 0 aliphatic carbocycles. The number of aromatic amines is 1. The summed E-state index contributed by atoms with van der Waals surface area (Å²) in [5.41, 5.74) is 3.52. The maximum Gasteiger partial charge on any atom is 0.132 e. The van der Waals surface area contributed by atoms with Crippen LogP contribution in [0.4, 0.5) is 0 Å². The molecule has 0 unspecified atom stereocenters. The first-order valence-electron chi connectivity index (χ1n) is 5.77. The summed E-state index contributed by atoms with van der Waals surface area (Å²) in [5, 5.41) is 0. The average molecular weight is 244 g/mol. The molecule has 2 aromatic rings. The van der Waals surface area contributed by atoms with Gasteiger partial charge in [0.15, 0.2) is 0 Å². The van der Waals surface area contributed by atoms with Crippen molar-refractivity contribution in [2.24, 2.45) is 0 Å². The fourth-order valence-electron chi connectivity index (χ4n) is 1.73. The van der Waals surface area contributed by atoms with Crippen molar-refractivity contribution < 1.29 is 0 Å². The highest BCUT2D eigenvalue weighted by atomic mass is 32.1. The van der Waals surface area contributed by atoms with Crippen LogP contribution in [0.1, 0.15) is 22.6 Å². The topological polar surface area (TPSA) is 28.7 Å². The quantitative estimate of drug-likeness (QED) is 0.837. The molecule has 2 nitrogen and oxygen atoms in total. The summed E-state index contributed by atoms with van der Waals surface area (Å²) in [4.78, 5) is 7.72. The Kier molecular flexibility index (Phi) is 3.69. The molecule has 88 valence electrons. The molecule has 0 aliphatic heterocycles. The lowest BCUT2D eigenvalue weighted by atomic mass is 10.1. The Balaban J connectivity index is 2.13. The van der Waals surface area contributed by atoms with Crippen LogP contribution in [0, 0.1) is 18.5 Å². The maximum atomic E-state index is 5.23. The molecule has 0 bridgehead atoms. The minimum atomic E-state index is 0.712. The van der Waals surface area contributed by atoms with Crippen LogP contribution in [-0.4, -0.2) is 9.97 Å². The first kappa shape index (κ1) is 12.0. The first-order valence-corrected chi connectivity index (χ1v) is 6.18. The average Bonchev–Trinajstić information content (AvgIpc) is 2.34. The van der Waals surface area contributed by atoms with E-state index in [1.807, 2.05) is 19.9 Å². The summed E-state index contributed by atoms with van der Waals surface area (Å²) in [5.74, 6) is 0.974. The Hall–Kier alpha value is -1.48. The Bertz CT molecular complexity index is 558. The molecule has 17 heavy (non-hydrogen) atoms. The summed E-state index contributed by atoms with van der Waals surface area (Å²) < 4.78 is 0.712. The summed E-state index contributed by atoms with van der Waals surface area (Å²) in [6, 6.07) is 10.4. The predicted molar refractivity (Wildman–Crippen MR) is 72.7 cm³/mol. The molecular formula is C14H16N2S. The van der Waals surface area contributed by atoms with E-state index in [0.717, 1.165) is 29.9 Å². The monoisotopic (exact) mass is 244 g/mol. The van der Waals surface area contributed by atoms with Gasteiger partial charge in [-0.1, -0.05) is 42.5 Å². The number of hydrogen-bond donors (Lipinski definition) is 1. The Morgan fingerprint density at radius 1 is 1.12 bits per heavy atom. The molecule has 1 heterocycles. The van der Waals surface area contributed by atoms with Crippen LogP contribution in [0.3, 0.4) is 0 Å². The fraction of sp³-hybridized carbons (Fsp3) is 0.286. The highest BCUT2D eigenvalue weighted by Crippen LogP contribution is 2.08. The highest BCUT2D eigenvalue weighted by molar-refractivity contribution is 7.71. The Morgan fingerprint density at radius 2 is 1.82 bits per heavy atom. The van der Waals surface area contributed by atoms with Gasteiger partial charge in [0.25, 0.3) is 0 Å². The summed E-state index contributed by atoms with van der Waals surface area (Å²) >= 11 is 5.23. The van der Waals surface area contributed by atoms with Gasteiger partial charge in [0, 0.05) is 17.7 Å². The van der Waals surface area contributed by atoms with Gasteiger partial charge in [-0.05, 0) is 25.8 Å². The Labute approximate surface area is 107 Å². The van der Waals surface area contributed by atoms with Crippen molar-refractivity contribution in [3.8, 4) is 0 Å². The number of aromatic nitrogens is 2. The van der Waals surface area contributed by atoms with Crippen molar-refractivity contribution in [1.29, 1.82) is 0 Å². The number of rotatable bonds is 3. The molecule has 0 fully saturated rings. The van der Waals surface area contributed by atoms with Crippen LogP contribution in [0.15, 0.2) is 30.3 Å². The fourth-order valence-corrected chi connectivity index (χ4v) is 1.99. The van der Waals surface area contributed by atoms with E-state index >= 15 is 0 Å². The van der Waals surface area contributed by atoms with E-state index < -0.39 is 0 Å². The van der Waals surface area contributed by atoms with E-state index in [0.29, 0.717) is 4.64 Å². The SMILES string of the molecule is Cc1[nH]c(CCc2ccccc2)nc(=S)c1C. The Morgan fingerprint density at radius 3 is 2.47 bits per heavy atom. The third-order valence-corrected chi connectivity index (χ3v) is 3.34. The number of nitrogens with one attached hydrogen (secondary N) is 1. The second-order valence-corrected chi connectivity index (χ2v) is 4.61. The molecule has 0 saturated carbocycles. The van der Waals surface area contributed by atoms with Gasteiger partial charge < -0.3 is 4.98 Å². The van der Waals surface area contributed by atoms with Gasteiger partial charge >= 0.3 is 0 Å². The number of hydrogen-bond acceptors (Lipinski definition) is 2. The van der Waals surface area contributed by atoms with Crippen molar-refractivity contribution in [2.45, 2.75) is 26.7 Å². The third kappa shape index (κ3) is 3.01. The van der Waals surface area contributed by atoms with E-state index in [1.54, 1.807) is 0 Å². The van der Waals surface area contributed by atoms with E-state index in [4.69, 9.17) is 12.2 Å². The molecule has 0 amide bonds. The number of aryl methyl sites for hydroxylation is 3. The zero-order valence-electron chi connectivity index (χ0n) is 10.2. The van der Waals surface area contributed by atoms with Gasteiger partial charge in [-0.15, -0.1) is 0 Å². The highest BCUT2D eigenvalue weighted by Gasteiger charge is 2.01. The van der Waals surface area contributed by atoms with Crippen molar-refractivity contribution in [2.75, 3.05) is 0 Å². The summed E-state index contributed by atoms with van der Waals surface area (Å²) in [6.45, 7) is 4.04. The molecule has 0 radical (unpaired) electrons. The van der Waals surface area contributed by atoms with E-state index in [-0.39, 0.29) is 0 Å². The largest absolute Gasteiger partial charge is 0.347 e. The van der Waals surface area contributed by atoms with Crippen molar-refractivity contribution in [1.82, 2.24) is 9.97 Å². The molecule has 3 heteroatoms. The van der Waals surface area contributed by atoms with E-state index in [9.17, 15) is 0 Å². The van der Waals surface area contributed by atoms with Crippen LogP contribution >= 0.6 is 12.2 Å². The third-order valence-electron chi connectivity index (χ3n) is 2.94. The zero-order valence-corrected chi connectivity index (χ0v) is 11.0. The maximum absolute atomic E-state index is 5.23. The molecule has 0 atom stereocenters. The molecular weight excluding hydrogens is 228 g/mol. The second kappa shape index (κ2) is 5.23. The lowest BCUT2D eigenvalue weighted by Gasteiger charge is -2.05. The smallest absolute Gasteiger partial charge is 0.132 e. The predicted octanol–water partition coefficient (Wildman–Crippen LogP) is 3.54. The molecule has 0 saturated heterocycles. The standard InChI is InChI=1S/C14H16N2S/c1-10-11(2)15-13(16-14(10)17)9-8-12-6-4-3-5-7-12/h3-7H,8-9H2,1-2H3,(H,15,16,17). The van der Waals surface area contributed by atoms with E-state index in [2.05, 4.69) is 34.2 Å². The number of nitrogens with zero attached hydrogens (tertiary/aromatic N) is 1. The van der Waals surface area contributed by atoms with Crippen LogP contribution in [0.5, 0.6) is 0 Å². The van der Waals surface area contributed by atoms with Crippen molar-refractivity contribution in [3.63, 3.8) is 0 Å². The number of benzene rings is 1. The van der Waals surface area contributed by atoms with Crippen LogP contribution in [-0.2, 0) is 12.8 Å². The van der Waals surface area contributed by atoms with Gasteiger partial charge in [0.2, 0.25) is 0 Å². The lowest BCUT2D eigenvalue weighted by Crippen LogP contribution is -2.02. The van der Waals surface area contributed by atoms with E-state index in [1.165, 1.54) is 5.56 Å². The van der Waals surface area contributed by atoms with Crippen LogP contribution in [0.2, 0.25) is 0 Å². The second-order valence-electron chi connectivity index (χ2n) is 4.22. The molecule has 0 spiro atoms. The van der Waals surface area contributed by atoms with Gasteiger partial charge in [0.05, 0.1) is 0 Å². The minimum Gasteiger partial charge on any atom is -0.347 e. The molecule has 1 N–H and O–H groups in total. The van der Waals surface area contributed by atoms with Gasteiger partial charge in [0.1, 0.15) is 10.5 Å². The number of H-pyrrole nitrogens is 1. The van der Waals surface area contributed by atoms with Gasteiger partial charge in [-0.3, -0.25) is 0 Å². The zero-order chi connectivity index (χ0) is 12.3.